The van der Waals surface area contributed by atoms with Gasteiger partial charge in [-0.15, -0.1) is 0 Å². The number of halogens is 2. The third-order valence-corrected chi connectivity index (χ3v) is 4.14. The average molecular weight is 352 g/mol. The van der Waals surface area contributed by atoms with Crippen molar-refractivity contribution >= 4 is 39.1 Å². The molecule has 0 saturated heterocycles. The van der Waals surface area contributed by atoms with E-state index in [1.165, 1.54) is 0 Å². The van der Waals surface area contributed by atoms with E-state index in [0.29, 0.717) is 10.9 Å². The van der Waals surface area contributed by atoms with E-state index in [1.807, 2.05) is 62.4 Å². The number of hydrogen-bond acceptors (Lipinski definition) is 1. The normalized spacial score (nSPS) is 11.2. The van der Waals surface area contributed by atoms with E-state index in [1.54, 1.807) is 0 Å². The lowest BCUT2D eigenvalue weighted by Crippen LogP contribution is -2.34. The van der Waals surface area contributed by atoms with Crippen LogP contribution in [0.25, 0.3) is 0 Å². The predicted octanol–water partition coefficient (Wildman–Crippen LogP) is 5.47. The summed E-state index contributed by atoms with van der Waals surface area (Å²) in [6.07, 6.45) is 0. The van der Waals surface area contributed by atoms with Gasteiger partial charge in [0.25, 0.3) is 0 Å². The zero-order valence-corrected chi connectivity index (χ0v) is 13.7. The first-order valence-corrected chi connectivity index (χ1v) is 7.45. The maximum Gasteiger partial charge on any atom is 0.108 e. The molecule has 2 aromatic carbocycles. The third kappa shape index (κ3) is 3.22. The van der Waals surface area contributed by atoms with Gasteiger partial charge in [0.05, 0.1) is 0 Å². The minimum absolute atomic E-state index is 0.410. The molecule has 2 N–H and O–H groups in total. The van der Waals surface area contributed by atoms with Crippen molar-refractivity contribution < 1.29 is 0 Å². The Morgan fingerprint density at radius 2 is 1.70 bits per heavy atom. The molecule has 104 valence electrons. The summed E-state index contributed by atoms with van der Waals surface area (Å²) in [7, 11) is 0. The van der Waals surface area contributed by atoms with Gasteiger partial charge in [0.1, 0.15) is 5.84 Å². The molecule has 0 saturated carbocycles. The van der Waals surface area contributed by atoms with Crippen molar-refractivity contribution in [1.29, 1.82) is 5.41 Å². The van der Waals surface area contributed by atoms with Crippen LogP contribution in [0.1, 0.15) is 19.4 Å². The van der Waals surface area contributed by atoms with Crippen molar-refractivity contribution in [2.45, 2.75) is 19.3 Å². The second kappa shape index (κ2) is 5.98. The third-order valence-electron chi connectivity index (χ3n) is 3.29. The van der Waals surface area contributed by atoms with Crippen LogP contribution in [0.3, 0.4) is 0 Å². The number of benzene rings is 2. The van der Waals surface area contributed by atoms with Gasteiger partial charge in [-0.1, -0.05) is 45.7 Å². The van der Waals surface area contributed by atoms with Gasteiger partial charge < -0.3 is 5.32 Å². The number of nitrogens with one attached hydrogen (secondary N) is 2. The van der Waals surface area contributed by atoms with E-state index in [0.717, 1.165) is 15.7 Å². The Balaban J connectivity index is 2.23. The van der Waals surface area contributed by atoms with Crippen LogP contribution in [0.4, 0.5) is 5.69 Å². The minimum Gasteiger partial charge on any atom is -0.344 e. The lowest BCUT2D eigenvalue weighted by atomic mass is 9.83. The number of rotatable bonds is 3. The first-order valence-electron chi connectivity index (χ1n) is 6.28. The van der Waals surface area contributed by atoms with Crippen LogP contribution in [0.5, 0.6) is 0 Å². The molecule has 0 heterocycles. The Hall–Kier alpha value is -1.32. The zero-order valence-electron chi connectivity index (χ0n) is 11.4. The van der Waals surface area contributed by atoms with E-state index in [-0.39, 0.29) is 0 Å². The summed E-state index contributed by atoms with van der Waals surface area (Å²) in [6.45, 7) is 3.98. The Bertz CT molecular complexity index is 621. The molecule has 0 aromatic heterocycles. The highest BCUT2D eigenvalue weighted by atomic mass is 79.9. The van der Waals surface area contributed by atoms with Crippen molar-refractivity contribution in [2.75, 3.05) is 5.32 Å². The molecule has 0 aliphatic carbocycles. The highest BCUT2D eigenvalue weighted by Crippen LogP contribution is 2.31. The maximum atomic E-state index is 8.34. The quantitative estimate of drug-likeness (QED) is 0.558. The Morgan fingerprint density at radius 3 is 2.30 bits per heavy atom. The van der Waals surface area contributed by atoms with Crippen LogP contribution in [0.15, 0.2) is 53.0 Å². The van der Waals surface area contributed by atoms with Gasteiger partial charge in [-0.2, -0.15) is 0 Å². The lowest BCUT2D eigenvalue weighted by Gasteiger charge is -2.28. The van der Waals surface area contributed by atoms with Gasteiger partial charge >= 0.3 is 0 Å². The first kappa shape index (κ1) is 15.1. The van der Waals surface area contributed by atoms with Crippen molar-refractivity contribution in [3.8, 4) is 0 Å². The SMILES string of the molecule is CC(C)(C(=N)Nc1ccc(Br)cc1)c1ccccc1Cl. The smallest absolute Gasteiger partial charge is 0.108 e. The Kier molecular flexibility index (Phi) is 4.51. The molecule has 20 heavy (non-hydrogen) atoms. The largest absolute Gasteiger partial charge is 0.344 e. The fraction of sp³-hybridized carbons (Fsp3) is 0.188. The molecule has 0 bridgehead atoms. The van der Waals surface area contributed by atoms with E-state index >= 15 is 0 Å². The molecule has 2 rings (SSSR count). The molecule has 0 radical (unpaired) electrons. The van der Waals surface area contributed by atoms with Gasteiger partial charge in [0.15, 0.2) is 0 Å². The standard InChI is InChI=1S/C16H16BrClN2/c1-16(2,13-5-3-4-6-14(13)18)15(19)20-12-9-7-11(17)8-10-12/h3-10H,1-2H3,(H2,19,20). The zero-order chi connectivity index (χ0) is 14.8. The fourth-order valence-electron chi connectivity index (χ4n) is 1.94. The predicted molar refractivity (Wildman–Crippen MR) is 90.0 cm³/mol. The minimum atomic E-state index is -0.481. The molecule has 0 aliphatic rings. The van der Waals surface area contributed by atoms with Crippen molar-refractivity contribution in [3.05, 3.63) is 63.6 Å². The van der Waals surface area contributed by atoms with Crippen LogP contribution in [-0.2, 0) is 5.41 Å². The molecular formula is C16H16BrClN2. The molecule has 2 aromatic rings. The number of amidine groups is 1. The van der Waals surface area contributed by atoms with E-state index in [2.05, 4.69) is 21.2 Å². The average Bonchev–Trinajstić information content (AvgIpc) is 2.41. The van der Waals surface area contributed by atoms with Crippen molar-refractivity contribution in [3.63, 3.8) is 0 Å². The van der Waals surface area contributed by atoms with Gasteiger partial charge in [-0.25, -0.2) is 0 Å². The topological polar surface area (TPSA) is 35.9 Å². The number of anilines is 1. The van der Waals surface area contributed by atoms with E-state index in [9.17, 15) is 0 Å². The molecule has 0 atom stereocenters. The van der Waals surface area contributed by atoms with Crippen molar-refractivity contribution in [2.24, 2.45) is 0 Å². The van der Waals surface area contributed by atoms with Crippen LogP contribution >= 0.6 is 27.5 Å². The Labute approximate surface area is 132 Å². The molecule has 0 amide bonds. The van der Waals surface area contributed by atoms with Crippen LogP contribution in [0, 0.1) is 5.41 Å². The monoisotopic (exact) mass is 350 g/mol. The van der Waals surface area contributed by atoms with Crippen LogP contribution in [-0.4, -0.2) is 5.84 Å². The lowest BCUT2D eigenvalue weighted by molar-refractivity contribution is 0.711. The molecule has 4 heteroatoms. The van der Waals surface area contributed by atoms with E-state index in [4.69, 9.17) is 17.0 Å². The molecule has 0 fully saturated rings. The number of hydrogen-bond donors (Lipinski definition) is 2. The van der Waals surface area contributed by atoms with E-state index < -0.39 is 5.41 Å². The Morgan fingerprint density at radius 1 is 1.10 bits per heavy atom. The molecule has 0 unspecified atom stereocenters. The molecular weight excluding hydrogens is 336 g/mol. The van der Waals surface area contributed by atoms with Crippen molar-refractivity contribution in [1.82, 2.24) is 0 Å². The van der Waals surface area contributed by atoms with Gasteiger partial charge in [-0.3, -0.25) is 5.41 Å². The first-order chi connectivity index (χ1) is 9.41. The highest BCUT2D eigenvalue weighted by molar-refractivity contribution is 9.10. The summed E-state index contributed by atoms with van der Waals surface area (Å²) in [5.41, 5.74) is 1.35. The van der Waals surface area contributed by atoms with Gasteiger partial charge in [0.2, 0.25) is 0 Å². The highest BCUT2D eigenvalue weighted by Gasteiger charge is 2.28. The fourth-order valence-corrected chi connectivity index (χ4v) is 2.57. The maximum absolute atomic E-state index is 8.34. The molecule has 0 spiro atoms. The van der Waals surface area contributed by atoms with Gasteiger partial charge in [0, 0.05) is 20.6 Å². The summed E-state index contributed by atoms with van der Waals surface area (Å²) >= 11 is 9.64. The molecule has 2 nitrogen and oxygen atoms in total. The molecule has 0 aliphatic heterocycles. The summed E-state index contributed by atoms with van der Waals surface area (Å²) < 4.78 is 1.01. The second-order valence-electron chi connectivity index (χ2n) is 5.11. The summed E-state index contributed by atoms with van der Waals surface area (Å²) in [4.78, 5) is 0. The van der Waals surface area contributed by atoms with Crippen LogP contribution in [0.2, 0.25) is 5.02 Å². The second-order valence-corrected chi connectivity index (χ2v) is 6.43. The summed E-state index contributed by atoms with van der Waals surface area (Å²) in [5.74, 6) is 0.410. The van der Waals surface area contributed by atoms with Gasteiger partial charge in [-0.05, 0) is 49.7 Å². The summed E-state index contributed by atoms with van der Waals surface area (Å²) in [6, 6.07) is 15.4. The summed E-state index contributed by atoms with van der Waals surface area (Å²) in [5, 5.41) is 12.2. The van der Waals surface area contributed by atoms with Crippen LogP contribution < -0.4 is 5.32 Å².